The molecule has 0 atom stereocenters. The van der Waals surface area contributed by atoms with Gasteiger partial charge in [-0.3, -0.25) is 9.59 Å². The van der Waals surface area contributed by atoms with E-state index in [1.165, 1.54) is 18.1 Å². The first kappa shape index (κ1) is 22.0. The third kappa shape index (κ3) is 7.07. The van der Waals surface area contributed by atoms with E-state index >= 15 is 0 Å². The van der Waals surface area contributed by atoms with Gasteiger partial charge in [0.1, 0.15) is 0 Å². The van der Waals surface area contributed by atoms with Crippen LogP contribution in [-0.2, 0) is 9.53 Å². The second-order valence-electron chi connectivity index (χ2n) is 5.98. The van der Waals surface area contributed by atoms with Crippen LogP contribution < -0.4 is 0 Å². The van der Waals surface area contributed by atoms with Crippen molar-refractivity contribution in [3.05, 3.63) is 35.4 Å². The Kier molecular flexibility index (Phi) is 9.80. The molecular formula is C19H28F2N2O3. The van der Waals surface area contributed by atoms with Crippen LogP contribution in [0.4, 0.5) is 8.78 Å². The zero-order chi connectivity index (χ0) is 19.5. The first-order valence-corrected chi connectivity index (χ1v) is 8.96. The molecule has 1 amide bonds. The fourth-order valence-corrected chi connectivity index (χ4v) is 2.63. The molecule has 0 heterocycles. The third-order valence-electron chi connectivity index (χ3n) is 4.31. The molecule has 1 aromatic carbocycles. The molecule has 0 radical (unpaired) electrons. The van der Waals surface area contributed by atoms with Crippen molar-refractivity contribution in [1.29, 1.82) is 0 Å². The van der Waals surface area contributed by atoms with Gasteiger partial charge < -0.3 is 14.5 Å². The average molecular weight is 370 g/mol. The van der Waals surface area contributed by atoms with Crippen molar-refractivity contribution in [3.8, 4) is 0 Å². The smallest absolute Gasteiger partial charge is 0.307 e. The highest BCUT2D eigenvalue weighted by Crippen LogP contribution is 2.12. The highest BCUT2D eigenvalue weighted by Gasteiger charge is 2.18. The predicted octanol–water partition coefficient (Wildman–Crippen LogP) is 3.09. The lowest BCUT2D eigenvalue weighted by molar-refractivity contribution is -0.140. The van der Waals surface area contributed by atoms with Crippen molar-refractivity contribution >= 4 is 11.9 Å². The summed E-state index contributed by atoms with van der Waals surface area (Å²) in [5.41, 5.74) is 0.0671. The molecule has 0 N–H and O–H groups in total. The van der Waals surface area contributed by atoms with E-state index in [1.54, 1.807) is 0 Å². The number of rotatable bonds is 11. The first-order valence-electron chi connectivity index (χ1n) is 8.96. The minimum absolute atomic E-state index is 0.0575. The van der Waals surface area contributed by atoms with Crippen molar-refractivity contribution < 1.29 is 23.1 Å². The van der Waals surface area contributed by atoms with Crippen LogP contribution >= 0.6 is 0 Å². The highest BCUT2D eigenvalue weighted by molar-refractivity contribution is 5.94. The number of hydrogen-bond acceptors (Lipinski definition) is 4. The molecule has 26 heavy (non-hydrogen) atoms. The summed E-state index contributed by atoms with van der Waals surface area (Å²) in [6, 6.07) is 3.07. The third-order valence-corrected chi connectivity index (χ3v) is 4.31. The van der Waals surface area contributed by atoms with Gasteiger partial charge in [0.25, 0.3) is 5.91 Å². The minimum atomic E-state index is -1.06. The van der Waals surface area contributed by atoms with Crippen LogP contribution in [0.15, 0.2) is 18.2 Å². The number of esters is 1. The molecule has 0 saturated heterocycles. The average Bonchev–Trinajstić information content (AvgIpc) is 2.65. The summed E-state index contributed by atoms with van der Waals surface area (Å²) >= 11 is 0. The molecule has 0 aliphatic rings. The van der Waals surface area contributed by atoms with Gasteiger partial charge in [-0.15, -0.1) is 0 Å². The molecule has 1 rings (SSSR count). The Hall–Kier alpha value is -2.02. The number of ether oxygens (including phenoxy) is 1. The maximum Gasteiger partial charge on any atom is 0.307 e. The summed E-state index contributed by atoms with van der Waals surface area (Å²) in [5.74, 6) is -2.90. The second-order valence-corrected chi connectivity index (χ2v) is 5.98. The van der Waals surface area contributed by atoms with Crippen LogP contribution in [-0.4, -0.2) is 61.5 Å². The van der Waals surface area contributed by atoms with Crippen LogP contribution in [0.3, 0.4) is 0 Å². The van der Waals surface area contributed by atoms with Crippen molar-refractivity contribution in [2.24, 2.45) is 0 Å². The number of methoxy groups -OCH3 is 1. The van der Waals surface area contributed by atoms with Gasteiger partial charge in [-0.25, -0.2) is 8.78 Å². The molecule has 0 spiro atoms. The molecule has 0 aliphatic heterocycles. The Morgan fingerprint density at radius 2 is 1.65 bits per heavy atom. The Morgan fingerprint density at radius 3 is 2.23 bits per heavy atom. The molecular weight excluding hydrogens is 342 g/mol. The summed E-state index contributed by atoms with van der Waals surface area (Å²) in [6.07, 6.45) is 1.72. The zero-order valence-electron chi connectivity index (χ0n) is 15.8. The first-order chi connectivity index (χ1) is 12.4. The summed E-state index contributed by atoms with van der Waals surface area (Å²) < 4.78 is 31.1. The minimum Gasteiger partial charge on any atom is -0.469 e. The summed E-state index contributed by atoms with van der Waals surface area (Å²) in [4.78, 5) is 27.8. The van der Waals surface area contributed by atoms with E-state index in [-0.39, 0.29) is 18.5 Å². The lowest BCUT2D eigenvalue weighted by atomic mass is 10.1. The van der Waals surface area contributed by atoms with Gasteiger partial charge >= 0.3 is 5.97 Å². The number of carbonyl (C=O) groups excluding carboxylic acids is 2. The summed E-state index contributed by atoms with van der Waals surface area (Å²) in [6.45, 7) is 7.67. The number of carbonyl (C=O) groups is 2. The van der Waals surface area contributed by atoms with E-state index in [2.05, 4.69) is 23.5 Å². The van der Waals surface area contributed by atoms with Gasteiger partial charge in [-0.2, -0.15) is 0 Å². The van der Waals surface area contributed by atoms with E-state index in [4.69, 9.17) is 0 Å². The predicted molar refractivity (Wildman–Crippen MR) is 95.9 cm³/mol. The number of nitrogens with zero attached hydrogens (tertiary/aromatic N) is 2. The number of hydrogen-bond donors (Lipinski definition) is 0. The maximum absolute atomic E-state index is 13.4. The molecule has 5 nitrogen and oxygen atoms in total. The van der Waals surface area contributed by atoms with Crippen LogP contribution in [0.1, 0.15) is 43.5 Å². The van der Waals surface area contributed by atoms with Crippen LogP contribution in [0.5, 0.6) is 0 Å². The van der Waals surface area contributed by atoms with Gasteiger partial charge in [0.2, 0.25) is 0 Å². The van der Waals surface area contributed by atoms with Crippen LogP contribution in [0.25, 0.3) is 0 Å². The SMILES string of the molecule is CCN(CC)CCCCN(CCC(=O)OC)C(=O)c1ccc(F)c(F)c1. The Balaban J connectivity index is 2.71. The van der Waals surface area contributed by atoms with Crippen LogP contribution in [0, 0.1) is 11.6 Å². The van der Waals surface area contributed by atoms with Crippen molar-refractivity contribution in [2.45, 2.75) is 33.1 Å². The van der Waals surface area contributed by atoms with Gasteiger partial charge in [0.15, 0.2) is 11.6 Å². The Morgan fingerprint density at radius 1 is 1.00 bits per heavy atom. The van der Waals surface area contributed by atoms with Gasteiger partial charge in [-0.1, -0.05) is 13.8 Å². The van der Waals surface area contributed by atoms with E-state index in [0.29, 0.717) is 6.54 Å². The van der Waals surface area contributed by atoms with E-state index in [0.717, 1.165) is 44.6 Å². The van der Waals surface area contributed by atoms with E-state index in [9.17, 15) is 18.4 Å². The molecule has 0 unspecified atom stereocenters. The summed E-state index contributed by atoms with van der Waals surface area (Å²) in [7, 11) is 1.29. The summed E-state index contributed by atoms with van der Waals surface area (Å²) in [5, 5.41) is 0. The van der Waals surface area contributed by atoms with E-state index in [1.807, 2.05) is 0 Å². The monoisotopic (exact) mass is 370 g/mol. The van der Waals surface area contributed by atoms with Crippen molar-refractivity contribution in [2.75, 3.05) is 39.8 Å². The standard InChI is InChI=1S/C19H28F2N2O3/c1-4-22(5-2)11-6-7-12-23(13-10-18(24)26-3)19(25)15-8-9-16(20)17(21)14-15/h8-9,14H,4-7,10-13H2,1-3H3. The van der Waals surface area contributed by atoms with Crippen LogP contribution in [0.2, 0.25) is 0 Å². The molecule has 7 heteroatoms. The lowest BCUT2D eigenvalue weighted by Crippen LogP contribution is -2.34. The van der Waals surface area contributed by atoms with E-state index < -0.39 is 23.5 Å². The van der Waals surface area contributed by atoms with Crippen molar-refractivity contribution in [1.82, 2.24) is 9.80 Å². The molecule has 0 aliphatic carbocycles. The largest absolute Gasteiger partial charge is 0.469 e. The van der Waals surface area contributed by atoms with Crippen molar-refractivity contribution in [3.63, 3.8) is 0 Å². The normalized spacial score (nSPS) is 10.8. The Labute approximate surface area is 153 Å². The number of halogens is 2. The topological polar surface area (TPSA) is 49.9 Å². The Bertz CT molecular complexity index is 592. The lowest BCUT2D eigenvalue weighted by Gasteiger charge is -2.23. The van der Waals surface area contributed by atoms with Gasteiger partial charge in [-0.05, 0) is 50.7 Å². The highest BCUT2D eigenvalue weighted by atomic mass is 19.2. The molecule has 0 bridgehead atoms. The fourth-order valence-electron chi connectivity index (χ4n) is 2.63. The maximum atomic E-state index is 13.4. The molecule has 146 valence electrons. The van der Waals surface area contributed by atoms with Gasteiger partial charge in [0, 0.05) is 18.7 Å². The molecule has 0 fully saturated rings. The fraction of sp³-hybridized carbons (Fsp3) is 0.579. The van der Waals surface area contributed by atoms with Gasteiger partial charge in [0.05, 0.1) is 13.5 Å². The molecule has 0 saturated carbocycles. The number of benzene rings is 1. The molecule has 0 aromatic heterocycles. The number of unbranched alkanes of at least 4 members (excludes halogenated alkanes) is 1. The number of amides is 1. The quantitative estimate of drug-likeness (QED) is 0.444. The zero-order valence-corrected chi connectivity index (χ0v) is 15.8. The second kappa shape index (κ2) is 11.6. The molecule has 1 aromatic rings.